The molecule has 2 aliphatic heterocycles. The van der Waals surface area contributed by atoms with Crippen LogP contribution in [0.1, 0.15) is 109 Å². The van der Waals surface area contributed by atoms with Crippen LogP contribution in [0.2, 0.25) is 5.02 Å². The van der Waals surface area contributed by atoms with Crippen molar-refractivity contribution in [2.75, 3.05) is 26.2 Å². The molecule has 0 unspecified atom stereocenters. The number of nitrogens with zero attached hydrogens (tertiary/aromatic N) is 2. The largest absolute Gasteiger partial charge is 0.394 e. The van der Waals surface area contributed by atoms with Gasteiger partial charge in [0, 0.05) is 74.4 Å². The highest BCUT2D eigenvalue weighted by Gasteiger charge is 2.40. The van der Waals surface area contributed by atoms with Gasteiger partial charge in [0.2, 0.25) is 70.9 Å². The van der Waals surface area contributed by atoms with E-state index in [2.05, 4.69) is 63.1 Å². The lowest BCUT2D eigenvalue weighted by molar-refractivity contribution is -0.142. The number of aliphatic hydroxyl groups excluding tert-OH is 1. The Morgan fingerprint density at radius 3 is 1.97 bits per heavy atom. The molecule has 30 heteroatoms. The minimum Gasteiger partial charge on any atom is -0.394 e. The number of rotatable bonds is 26. The Morgan fingerprint density at radius 2 is 1.29 bits per heavy atom. The SMILES string of the molecule is CC(=O)N[C@H](Cc1ccc2ccccc2c1)C(=O)N[C@H](Cc1ccc(Cl)cc1)C(=O)N[C@H](Cc1c[nH]c2ccccc12)C(=O)N[C@@H](CO)C(=O)N[C@@H]1CCC(=O)NCCCC[C@H](C(=O)N2CCC[C@H]2C(=O)N[C@H](C)C(N)=O)NC(=O)[C@H](CC(C)C)NC(=O)[C@@H](CCCN=C(N)N)NC1=O. The Morgan fingerprint density at radius 1 is 0.667 bits per heavy atom. The van der Waals surface area contributed by atoms with Crippen LogP contribution in [0.25, 0.3) is 21.7 Å². The lowest BCUT2D eigenvalue weighted by atomic mass is 9.99. The molecule has 4 aromatic carbocycles. The first-order chi connectivity index (χ1) is 47.3. The molecule has 532 valence electrons. The zero-order chi connectivity index (χ0) is 71.9. The number of nitrogens with two attached hydrogens (primary N) is 3. The van der Waals surface area contributed by atoms with Gasteiger partial charge in [-0.15, -0.1) is 0 Å². The van der Waals surface area contributed by atoms with Gasteiger partial charge in [0.1, 0.15) is 60.4 Å². The van der Waals surface area contributed by atoms with Gasteiger partial charge >= 0.3 is 0 Å². The van der Waals surface area contributed by atoms with E-state index in [4.69, 9.17) is 28.8 Å². The summed E-state index contributed by atoms with van der Waals surface area (Å²) < 4.78 is 0. The minimum absolute atomic E-state index is 0.0118. The average Bonchev–Trinajstić information content (AvgIpc) is 1.82. The predicted octanol–water partition coefficient (Wildman–Crippen LogP) is 0.0540. The molecule has 1 aromatic heterocycles. The summed E-state index contributed by atoms with van der Waals surface area (Å²) >= 11 is 6.25. The summed E-state index contributed by atoms with van der Waals surface area (Å²) in [6.07, 6.45) is 1.81. The summed E-state index contributed by atoms with van der Waals surface area (Å²) in [7, 11) is 0. The number of carbonyl (C=O) groups excluding carboxylic acids is 12. The second-order valence-electron chi connectivity index (χ2n) is 25.4. The molecular weight excluding hydrogens is 1300 g/mol. The molecule has 2 aliphatic rings. The van der Waals surface area contributed by atoms with Crippen LogP contribution < -0.4 is 70.4 Å². The Balaban J connectivity index is 1.14. The van der Waals surface area contributed by atoms with E-state index in [1.807, 2.05) is 42.5 Å². The first-order valence-corrected chi connectivity index (χ1v) is 33.6. The molecule has 2 saturated heterocycles. The first-order valence-electron chi connectivity index (χ1n) is 33.3. The van der Waals surface area contributed by atoms with Crippen LogP contribution in [0.3, 0.4) is 0 Å². The van der Waals surface area contributed by atoms with Gasteiger partial charge in [-0.3, -0.25) is 62.5 Å². The van der Waals surface area contributed by atoms with Gasteiger partial charge < -0.3 is 85.4 Å². The van der Waals surface area contributed by atoms with E-state index in [0.29, 0.717) is 39.0 Å². The number of primary amides is 1. The number of hydrogen-bond acceptors (Lipinski definition) is 14. The molecule has 3 heterocycles. The maximum Gasteiger partial charge on any atom is 0.245 e. The number of H-pyrrole nitrogens is 1. The van der Waals surface area contributed by atoms with Crippen molar-refractivity contribution in [2.45, 2.75) is 172 Å². The van der Waals surface area contributed by atoms with Crippen molar-refractivity contribution in [1.82, 2.24) is 63.1 Å². The molecular formula is C69H91ClN16O13. The highest BCUT2D eigenvalue weighted by molar-refractivity contribution is 6.30. The summed E-state index contributed by atoms with van der Waals surface area (Å²) in [6.45, 7) is 5.42. The number of aromatic nitrogens is 1. The van der Waals surface area contributed by atoms with Gasteiger partial charge in [-0.2, -0.15) is 0 Å². The van der Waals surface area contributed by atoms with Crippen molar-refractivity contribution in [3.63, 3.8) is 0 Å². The summed E-state index contributed by atoms with van der Waals surface area (Å²) in [5, 5.41) is 40.7. The molecule has 2 fully saturated rings. The van der Waals surface area contributed by atoms with Gasteiger partial charge in [0.25, 0.3) is 0 Å². The van der Waals surface area contributed by atoms with E-state index in [1.165, 1.54) is 18.7 Å². The maximum atomic E-state index is 14.9. The highest BCUT2D eigenvalue weighted by Crippen LogP contribution is 2.24. The number of guanidine groups is 1. The summed E-state index contributed by atoms with van der Waals surface area (Å²) in [6, 6.07) is 13.3. The van der Waals surface area contributed by atoms with Crippen LogP contribution in [-0.4, -0.2) is 178 Å². The number of carbonyl (C=O) groups is 12. The van der Waals surface area contributed by atoms with Crippen LogP contribution >= 0.6 is 11.6 Å². The Labute approximate surface area is 578 Å². The third-order valence-electron chi connectivity index (χ3n) is 17.2. The molecule has 0 radical (unpaired) electrons. The van der Waals surface area contributed by atoms with Crippen molar-refractivity contribution in [2.24, 2.45) is 28.1 Å². The van der Waals surface area contributed by atoms with Crippen molar-refractivity contribution in [3.8, 4) is 0 Å². The zero-order valence-corrected chi connectivity index (χ0v) is 56.7. The first kappa shape index (κ1) is 76.2. The molecule has 0 aliphatic carbocycles. The quantitative estimate of drug-likeness (QED) is 0.0198. The number of hydrogen-bond donors (Lipinski definition) is 15. The molecule has 10 atom stereocenters. The topological polar surface area (TPSA) is 455 Å². The van der Waals surface area contributed by atoms with Gasteiger partial charge in [0.05, 0.1) is 6.61 Å². The van der Waals surface area contributed by atoms with Crippen molar-refractivity contribution in [3.05, 3.63) is 119 Å². The standard InChI is InChI=1S/C69H91ClN16O13/c1-38(2)31-52-62(93)81-51(68(99)86-30-12-19-57(86)67(98)77-39(3)59(71)90)17-9-10-28-74-58(89)27-26-50(61(92)79-49(60(91)82-52)18-11-29-75-69(72)73)80-66(97)56(37-87)85-65(96)55(35-45-36-76-48-16-8-7-15-47(45)48)84-64(95)54(33-41-21-24-46(70)25-22-41)83-63(94)53(78-40(4)88)34-42-20-23-43-13-5-6-14-44(43)32-42/h5-8,13-16,20-25,32,36,38-39,49-57,76,87H,9-12,17-19,26-31,33-35,37H2,1-4H3,(H2,71,90)(H,74,89)(H,77,98)(H,78,88)(H,79,92)(H,80,97)(H,81,93)(H,82,91)(H,83,94)(H,84,95)(H,85,96)(H4,72,73,75)/t39-,49-,50-,51-,52+,53-,54-,55-,56+,57+/m1/s1. The van der Waals surface area contributed by atoms with Crippen molar-refractivity contribution >= 4 is 110 Å². The minimum atomic E-state index is -1.84. The van der Waals surface area contributed by atoms with Crippen LogP contribution in [-0.2, 0) is 76.8 Å². The third-order valence-corrected chi connectivity index (χ3v) is 17.4. The molecule has 0 bridgehead atoms. The van der Waals surface area contributed by atoms with Gasteiger partial charge in [-0.25, -0.2) is 0 Å². The number of aliphatic hydroxyl groups is 1. The monoisotopic (exact) mass is 1390 g/mol. The van der Waals surface area contributed by atoms with E-state index in [0.717, 1.165) is 10.8 Å². The number of fused-ring (bicyclic) bond motifs is 2. The third kappa shape index (κ3) is 23.0. The van der Waals surface area contributed by atoms with E-state index in [1.54, 1.807) is 68.6 Å². The number of amides is 12. The van der Waals surface area contributed by atoms with Gasteiger partial charge in [0.15, 0.2) is 5.96 Å². The molecule has 18 N–H and O–H groups in total. The second kappa shape index (κ2) is 37.0. The fourth-order valence-corrected chi connectivity index (χ4v) is 12.0. The fourth-order valence-electron chi connectivity index (χ4n) is 11.9. The molecule has 7 rings (SSSR count). The lowest BCUT2D eigenvalue weighted by Crippen LogP contribution is -2.61. The number of nitrogens with one attached hydrogen (secondary N) is 11. The smallest absolute Gasteiger partial charge is 0.245 e. The normalized spacial score (nSPS) is 19.6. The molecule has 99 heavy (non-hydrogen) atoms. The average molecular weight is 1390 g/mol. The number of aliphatic imine (C=N–C) groups is 1. The van der Waals surface area contributed by atoms with Crippen LogP contribution in [0, 0.1) is 5.92 Å². The van der Waals surface area contributed by atoms with Crippen LogP contribution in [0.5, 0.6) is 0 Å². The maximum absolute atomic E-state index is 14.9. The van der Waals surface area contributed by atoms with Crippen LogP contribution in [0.15, 0.2) is 102 Å². The Kier molecular flexibility index (Phi) is 28.5. The van der Waals surface area contributed by atoms with Crippen molar-refractivity contribution < 1.29 is 62.6 Å². The zero-order valence-electron chi connectivity index (χ0n) is 56.0. The molecule has 0 saturated carbocycles. The van der Waals surface area contributed by atoms with E-state index in [-0.39, 0.29) is 95.7 Å². The van der Waals surface area contributed by atoms with Crippen LogP contribution in [0.4, 0.5) is 0 Å². The van der Waals surface area contributed by atoms with E-state index >= 15 is 0 Å². The number of para-hydroxylation sites is 1. The number of benzene rings is 4. The molecule has 5 aromatic rings. The molecule has 0 spiro atoms. The predicted molar refractivity (Wildman–Crippen MR) is 370 cm³/mol. The summed E-state index contributed by atoms with van der Waals surface area (Å²) in [5.41, 5.74) is 19.1. The molecule has 29 nitrogen and oxygen atoms in total. The molecule has 12 amide bonds. The van der Waals surface area contributed by atoms with E-state index < -0.39 is 151 Å². The highest BCUT2D eigenvalue weighted by atomic mass is 35.5. The van der Waals surface area contributed by atoms with Gasteiger partial charge in [-0.1, -0.05) is 98.2 Å². The number of likely N-dealkylation sites (tertiary alicyclic amines) is 1. The summed E-state index contributed by atoms with van der Waals surface area (Å²) in [5.74, 6) is -9.85. The second-order valence-corrected chi connectivity index (χ2v) is 25.9. The Bertz CT molecular complexity index is 3750. The lowest BCUT2D eigenvalue weighted by Gasteiger charge is -2.31. The summed E-state index contributed by atoms with van der Waals surface area (Å²) in [4.78, 5) is 177. The number of aromatic amines is 1. The fraction of sp³-hybridized carbons (Fsp3) is 0.464. The van der Waals surface area contributed by atoms with E-state index in [9.17, 15) is 62.6 Å². The van der Waals surface area contributed by atoms with Crippen molar-refractivity contribution in [1.29, 1.82) is 0 Å². The van der Waals surface area contributed by atoms with Gasteiger partial charge in [-0.05, 0) is 116 Å². The Hall–Kier alpha value is -10.2. The number of halogens is 1.